The molecule has 0 atom stereocenters. The fourth-order valence-corrected chi connectivity index (χ4v) is 1.99. The first-order chi connectivity index (χ1) is 9.72. The molecule has 110 valence electrons. The highest BCUT2D eigenvalue weighted by atomic mass is 16.5. The molecular weight excluding hydrogens is 260 g/mol. The fraction of sp³-hybridized carbons (Fsp3) is 0.500. The van der Waals surface area contributed by atoms with Crippen LogP contribution in [0.4, 0.5) is 5.69 Å². The van der Waals surface area contributed by atoms with Gasteiger partial charge in [0.1, 0.15) is 6.61 Å². The summed E-state index contributed by atoms with van der Waals surface area (Å²) in [6.45, 7) is 1.91. The molecule has 3 N–H and O–H groups in total. The maximum Gasteiger partial charge on any atom is 0.224 e. The highest BCUT2D eigenvalue weighted by molar-refractivity contribution is 5.91. The average molecular weight is 280 g/mol. The number of benzene rings is 1. The van der Waals surface area contributed by atoms with Crippen molar-refractivity contribution in [2.75, 3.05) is 38.7 Å². The molecule has 0 saturated carbocycles. The average Bonchev–Trinajstić information content (AvgIpc) is 2.41. The maximum atomic E-state index is 11.8. The van der Waals surface area contributed by atoms with E-state index >= 15 is 0 Å². The van der Waals surface area contributed by atoms with Crippen LogP contribution in [0.3, 0.4) is 0 Å². The molecule has 0 bridgehead atoms. The summed E-state index contributed by atoms with van der Waals surface area (Å²) in [5.74, 6) is 1.50. The molecule has 1 saturated heterocycles. The molecule has 6 heteroatoms. The van der Waals surface area contributed by atoms with Gasteiger partial charge in [0, 0.05) is 18.2 Å². The number of hydrogen-bond donors (Lipinski definition) is 3. The number of ether oxygens (including phenoxy) is 2. The molecular formula is C14H20N2O4. The van der Waals surface area contributed by atoms with Gasteiger partial charge in [-0.05, 0) is 31.1 Å². The topological polar surface area (TPSA) is 79.8 Å². The van der Waals surface area contributed by atoms with Gasteiger partial charge in [0.05, 0.1) is 13.7 Å². The molecule has 1 aliphatic heterocycles. The first-order valence-electron chi connectivity index (χ1n) is 6.65. The quantitative estimate of drug-likeness (QED) is 0.682. The SMILES string of the molecule is COc1ccc(NC(=O)CC2CNC2)cc1OCCO. The Bertz CT molecular complexity index is 460. The Morgan fingerprint density at radius 2 is 2.25 bits per heavy atom. The molecule has 0 aromatic heterocycles. The Hall–Kier alpha value is -1.79. The third-order valence-electron chi connectivity index (χ3n) is 3.14. The van der Waals surface area contributed by atoms with Crippen LogP contribution in [-0.4, -0.2) is 44.4 Å². The van der Waals surface area contributed by atoms with Gasteiger partial charge in [-0.1, -0.05) is 0 Å². The number of amides is 1. The molecule has 0 spiro atoms. The first kappa shape index (κ1) is 14.6. The molecule has 1 aromatic rings. The van der Waals surface area contributed by atoms with Crippen LogP contribution in [0.25, 0.3) is 0 Å². The molecule has 20 heavy (non-hydrogen) atoms. The van der Waals surface area contributed by atoms with Crippen molar-refractivity contribution in [1.29, 1.82) is 0 Å². The molecule has 1 amide bonds. The second kappa shape index (κ2) is 7.12. The zero-order valence-corrected chi connectivity index (χ0v) is 11.5. The van der Waals surface area contributed by atoms with E-state index in [0.717, 1.165) is 13.1 Å². The van der Waals surface area contributed by atoms with E-state index in [0.29, 0.717) is 29.5 Å². The van der Waals surface area contributed by atoms with E-state index in [1.807, 2.05) is 0 Å². The van der Waals surface area contributed by atoms with Crippen LogP contribution in [0.1, 0.15) is 6.42 Å². The van der Waals surface area contributed by atoms with Gasteiger partial charge in [-0.2, -0.15) is 0 Å². The summed E-state index contributed by atoms with van der Waals surface area (Å²) >= 11 is 0. The molecule has 2 rings (SSSR count). The van der Waals surface area contributed by atoms with Crippen molar-refractivity contribution in [2.24, 2.45) is 5.92 Å². The fourth-order valence-electron chi connectivity index (χ4n) is 1.99. The van der Waals surface area contributed by atoms with E-state index in [1.165, 1.54) is 0 Å². The molecule has 0 aliphatic carbocycles. The Balaban J connectivity index is 1.97. The summed E-state index contributed by atoms with van der Waals surface area (Å²) < 4.78 is 10.5. The smallest absolute Gasteiger partial charge is 0.224 e. The monoisotopic (exact) mass is 280 g/mol. The minimum Gasteiger partial charge on any atom is -0.493 e. The van der Waals surface area contributed by atoms with Gasteiger partial charge in [0.15, 0.2) is 11.5 Å². The number of rotatable bonds is 7. The van der Waals surface area contributed by atoms with Crippen LogP contribution in [0.2, 0.25) is 0 Å². The third-order valence-corrected chi connectivity index (χ3v) is 3.14. The minimum atomic E-state index is -0.0750. The standard InChI is InChI=1S/C14H20N2O4/c1-19-12-3-2-11(7-13(12)20-5-4-17)16-14(18)6-10-8-15-9-10/h2-3,7,10,15,17H,4-6,8-9H2,1H3,(H,16,18). The molecule has 1 fully saturated rings. The van der Waals surface area contributed by atoms with Gasteiger partial charge in [-0.3, -0.25) is 4.79 Å². The van der Waals surface area contributed by atoms with Gasteiger partial charge in [0.2, 0.25) is 5.91 Å². The normalized spacial score (nSPS) is 14.5. The number of hydrogen-bond acceptors (Lipinski definition) is 5. The van der Waals surface area contributed by atoms with E-state index in [9.17, 15) is 4.79 Å². The van der Waals surface area contributed by atoms with Gasteiger partial charge >= 0.3 is 0 Å². The summed E-state index contributed by atoms with van der Waals surface area (Å²) in [4.78, 5) is 11.8. The number of carbonyl (C=O) groups is 1. The van der Waals surface area contributed by atoms with E-state index in [-0.39, 0.29) is 19.1 Å². The van der Waals surface area contributed by atoms with Crippen LogP contribution in [-0.2, 0) is 4.79 Å². The van der Waals surface area contributed by atoms with Crippen LogP contribution >= 0.6 is 0 Å². The van der Waals surface area contributed by atoms with Crippen LogP contribution in [0.5, 0.6) is 11.5 Å². The molecule has 0 unspecified atom stereocenters. The number of aliphatic hydroxyl groups excluding tert-OH is 1. The lowest BCUT2D eigenvalue weighted by Gasteiger charge is -2.26. The van der Waals surface area contributed by atoms with Crippen molar-refractivity contribution < 1.29 is 19.4 Å². The van der Waals surface area contributed by atoms with Crippen LogP contribution < -0.4 is 20.1 Å². The van der Waals surface area contributed by atoms with E-state index in [4.69, 9.17) is 14.6 Å². The van der Waals surface area contributed by atoms with Gasteiger partial charge in [-0.15, -0.1) is 0 Å². The third kappa shape index (κ3) is 3.85. The van der Waals surface area contributed by atoms with Crippen molar-refractivity contribution in [3.05, 3.63) is 18.2 Å². The summed E-state index contributed by atoms with van der Waals surface area (Å²) in [5.41, 5.74) is 0.663. The zero-order valence-electron chi connectivity index (χ0n) is 11.5. The number of anilines is 1. The van der Waals surface area contributed by atoms with Crippen molar-refractivity contribution in [3.63, 3.8) is 0 Å². The Morgan fingerprint density at radius 1 is 1.45 bits per heavy atom. The lowest BCUT2D eigenvalue weighted by molar-refractivity contribution is -0.117. The van der Waals surface area contributed by atoms with E-state index in [1.54, 1.807) is 25.3 Å². The predicted octanol–water partition coefficient (Wildman–Crippen LogP) is 0.614. The largest absolute Gasteiger partial charge is 0.493 e. The summed E-state index contributed by atoms with van der Waals surface area (Å²) in [6.07, 6.45) is 0.520. The zero-order chi connectivity index (χ0) is 14.4. The number of carbonyl (C=O) groups excluding carboxylic acids is 1. The van der Waals surface area contributed by atoms with Gasteiger partial charge < -0.3 is 25.2 Å². The lowest BCUT2D eigenvalue weighted by atomic mass is 9.99. The van der Waals surface area contributed by atoms with Gasteiger partial charge in [-0.25, -0.2) is 0 Å². The van der Waals surface area contributed by atoms with Crippen molar-refractivity contribution in [3.8, 4) is 11.5 Å². The van der Waals surface area contributed by atoms with Crippen molar-refractivity contribution in [2.45, 2.75) is 6.42 Å². The second-order valence-corrected chi connectivity index (χ2v) is 4.71. The van der Waals surface area contributed by atoms with E-state index in [2.05, 4.69) is 10.6 Å². The molecule has 1 aliphatic rings. The van der Waals surface area contributed by atoms with Crippen molar-refractivity contribution in [1.82, 2.24) is 5.32 Å². The summed E-state index contributed by atoms with van der Waals surface area (Å²) in [7, 11) is 1.54. The Labute approximate surface area is 118 Å². The molecule has 1 aromatic carbocycles. The van der Waals surface area contributed by atoms with Crippen LogP contribution in [0, 0.1) is 5.92 Å². The van der Waals surface area contributed by atoms with Crippen molar-refractivity contribution >= 4 is 11.6 Å². The number of nitrogens with one attached hydrogen (secondary N) is 2. The highest BCUT2D eigenvalue weighted by Crippen LogP contribution is 2.30. The number of methoxy groups -OCH3 is 1. The minimum absolute atomic E-state index is 0.00484. The predicted molar refractivity (Wildman–Crippen MR) is 75.2 cm³/mol. The molecule has 0 radical (unpaired) electrons. The highest BCUT2D eigenvalue weighted by Gasteiger charge is 2.20. The summed E-state index contributed by atoms with van der Waals surface area (Å²) in [6, 6.07) is 5.19. The molecule has 1 heterocycles. The van der Waals surface area contributed by atoms with E-state index < -0.39 is 0 Å². The lowest BCUT2D eigenvalue weighted by Crippen LogP contribution is -2.43. The van der Waals surface area contributed by atoms with Gasteiger partial charge in [0.25, 0.3) is 0 Å². The Kier molecular flexibility index (Phi) is 5.20. The Morgan fingerprint density at radius 3 is 2.85 bits per heavy atom. The number of aliphatic hydroxyl groups is 1. The summed E-state index contributed by atoms with van der Waals surface area (Å²) in [5, 5.41) is 14.8. The molecule has 6 nitrogen and oxygen atoms in total. The maximum absolute atomic E-state index is 11.8. The first-order valence-corrected chi connectivity index (χ1v) is 6.65. The second-order valence-electron chi connectivity index (χ2n) is 4.71. The van der Waals surface area contributed by atoms with Crippen LogP contribution in [0.15, 0.2) is 18.2 Å².